The van der Waals surface area contributed by atoms with Crippen molar-refractivity contribution in [3.8, 4) is 11.1 Å². The van der Waals surface area contributed by atoms with E-state index in [0.29, 0.717) is 43.4 Å². The van der Waals surface area contributed by atoms with E-state index in [-0.39, 0.29) is 17.4 Å². The molecule has 0 N–H and O–H groups in total. The highest BCUT2D eigenvalue weighted by molar-refractivity contribution is 6.33. The zero-order valence-corrected chi connectivity index (χ0v) is 17.6. The van der Waals surface area contributed by atoms with Gasteiger partial charge in [0, 0.05) is 35.8 Å². The zero-order valence-electron chi connectivity index (χ0n) is 16.9. The lowest BCUT2D eigenvalue weighted by Crippen LogP contribution is -2.58. The fourth-order valence-electron chi connectivity index (χ4n) is 4.28. The van der Waals surface area contributed by atoms with E-state index in [2.05, 4.69) is 6.58 Å². The third kappa shape index (κ3) is 4.13. The lowest BCUT2D eigenvalue weighted by atomic mass is 9.89. The van der Waals surface area contributed by atoms with E-state index in [0.717, 1.165) is 24.0 Å². The van der Waals surface area contributed by atoms with Gasteiger partial charge in [-0.05, 0) is 42.7 Å². The van der Waals surface area contributed by atoms with Crippen LogP contribution in [0.1, 0.15) is 23.2 Å². The first-order valence-electron chi connectivity index (χ1n) is 10.2. The number of halogens is 1. The number of piperidine rings is 1. The molecule has 1 spiro atoms. The second kappa shape index (κ2) is 8.62. The minimum atomic E-state index is -0.383. The molecule has 0 aromatic heterocycles. The number of ether oxygens (including phenoxy) is 1. The smallest absolute Gasteiger partial charge is 0.254 e. The molecular weight excluding hydrogens is 400 g/mol. The molecule has 5 nitrogen and oxygen atoms in total. The van der Waals surface area contributed by atoms with Crippen LogP contribution in [0.4, 0.5) is 0 Å². The number of benzene rings is 2. The van der Waals surface area contributed by atoms with Gasteiger partial charge in [0.25, 0.3) is 5.91 Å². The summed E-state index contributed by atoms with van der Waals surface area (Å²) in [5.74, 6) is -0.0545. The Hall–Kier alpha value is -2.63. The van der Waals surface area contributed by atoms with Crippen molar-refractivity contribution >= 4 is 23.4 Å². The third-order valence-electron chi connectivity index (χ3n) is 5.99. The Balaban J connectivity index is 1.49. The SMILES string of the molecule is C=CC(=O)N1CCC2(CC1)CN(C(=O)c1cccc(-c3ccccc3Cl)c1)CCO2. The Morgan fingerprint density at radius 1 is 1.03 bits per heavy atom. The lowest BCUT2D eigenvalue weighted by Gasteiger charge is -2.47. The van der Waals surface area contributed by atoms with E-state index in [1.54, 1.807) is 4.90 Å². The van der Waals surface area contributed by atoms with Crippen molar-refractivity contribution in [2.24, 2.45) is 0 Å². The van der Waals surface area contributed by atoms with Crippen LogP contribution in [0, 0.1) is 0 Å². The number of rotatable bonds is 3. The van der Waals surface area contributed by atoms with E-state index in [1.807, 2.05) is 53.4 Å². The van der Waals surface area contributed by atoms with Crippen molar-refractivity contribution < 1.29 is 14.3 Å². The average Bonchev–Trinajstić information content (AvgIpc) is 2.79. The summed E-state index contributed by atoms with van der Waals surface area (Å²) in [6.45, 7) is 6.41. The number of carbonyl (C=O) groups is 2. The molecular formula is C24H25ClN2O3. The van der Waals surface area contributed by atoms with Gasteiger partial charge >= 0.3 is 0 Å². The van der Waals surface area contributed by atoms with Crippen LogP contribution in [0.3, 0.4) is 0 Å². The van der Waals surface area contributed by atoms with Gasteiger partial charge in [-0.15, -0.1) is 0 Å². The molecule has 4 rings (SSSR count). The Morgan fingerprint density at radius 3 is 2.53 bits per heavy atom. The van der Waals surface area contributed by atoms with Crippen LogP contribution in [0.5, 0.6) is 0 Å². The summed E-state index contributed by atoms with van der Waals surface area (Å²) in [5.41, 5.74) is 2.09. The summed E-state index contributed by atoms with van der Waals surface area (Å²) in [6, 6.07) is 15.2. The number of nitrogens with zero attached hydrogens (tertiary/aromatic N) is 2. The fourth-order valence-corrected chi connectivity index (χ4v) is 4.53. The number of amides is 2. The van der Waals surface area contributed by atoms with Crippen molar-refractivity contribution in [2.45, 2.75) is 18.4 Å². The molecule has 30 heavy (non-hydrogen) atoms. The van der Waals surface area contributed by atoms with E-state index >= 15 is 0 Å². The first-order chi connectivity index (χ1) is 14.5. The Morgan fingerprint density at radius 2 is 1.80 bits per heavy atom. The highest BCUT2D eigenvalue weighted by atomic mass is 35.5. The van der Waals surface area contributed by atoms with Gasteiger partial charge in [0.05, 0.1) is 18.8 Å². The van der Waals surface area contributed by atoms with Crippen molar-refractivity contribution in [2.75, 3.05) is 32.8 Å². The van der Waals surface area contributed by atoms with Gasteiger partial charge in [-0.1, -0.05) is 48.5 Å². The third-order valence-corrected chi connectivity index (χ3v) is 6.32. The molecule has 2 amide bonds. The average molecular weight is 425 g/mol. The molecule has 2 aromatic carbocycles. The van der Waals surface area contributed by atoms with Crippen LogP contribution in [-0.4, -0.2) is 60.0 Å². The van der Waals surface area contributed by atoms with Gasteiger partial charge in [-0.2, -0.15) is 0 Å². The molecule has 6 heteroatoms. The molecule has 2 heterocycles. The van der Waals surface area contributed by atoms with E-state index in [4.69, 9.17) is 16.3 Å². The Bertz CT molecular complexity index is 966. The minimum absolute atomic E-state index is 0.00354. The second-order valence-electron chi connectivity index (χ2n) is 7.85. The molecule has 2 aliphatic heterocycles. The van der Waals surface area contributed by atoms with Crippen LogP contribution in [0.25, 0.3) is 11.1 Å². The summed E-state index contributed by atoms with van der Waals surface area (Å²) in [6.07, 6.45) is 2.79. The molecule has 2 saturated heterocycles. The van der Waals surface area contributed by atoms with Gasteiger partial charge in [-0.25, -0.2) is 0 Å². The van der Waals surface area contributed by atoms with Crippen molar-refractivity contribution in [1.82, 2.24) is 9.80 Å². The van der Waals surface area contributed by atoms with Gasteiger partial charge < -0.3 is 14.5 Å². The maximum absolute atomic E-state index is 13.3. The lowest BCUT2D eigenvalue weighted by molar-refractivity contribution is -0.143. The topological polar surface area (TPSA) is 49.9 Å². The maximum atomic E-state index is 13.3. The summed E-state index contributed by atoms with van der Waals surface area (Å²) in [7, 11) is 0. The highest BCUT2D eigenvalue weighted by Crippen LogP contribution is 2.32. The highest BCUT2D eigenvalue weighted by Gasteiger charge is 2.41. The van der Waals surface area contributed by atoms with E-state index in [1.165, 1.54) is 6.08 Å². The van der Waals surface area contributed by atoms with Crippen molar-refractivity contribution in [1.29, 1.82) is 0 Å². The monoisotopic (exact) mass is 424 g/mol. The number of hydrogen-bond acceptors (Lipinski definition) is 3. The Labute approximate surface area is 181 Å². The standard InChI is InChI=1S/C24H25ClN2O3/c1-2-22(28)26-12-10-24(11-13-26)17-27(14-15-30-24)23(29)19-7-5-6-18(16-19)20-8-3-4-9-21(20)25/h2-9,16H,1,10-15,17H2. The largest absolute Gasteiger partial charge is 0.371 e. The number of likely N-dealkylation sites (tertiary alicyclic amines) is 1. The molecule has 0 unspecified atom stereocenters. The zero-order chi connectivity index (χ0) is 21.1. The van der Waals surface area contributed by atoms with Crippen LogP contribution < -0.4 is 0 Å². The number of carbonyl (C=O) groups excluding carboxylic acids is 2. The molecule has 0 bridgehead atoms. The first-order valence-corrected chi connectivity index (χ1v) is 10.6. The summed E-state index contributed by atoms with van der Waals surface area (Å²) in [5, 5.41) is 0.660. The maximum Gasteiger partial charge on any atom is 0.254 e. The van der Waals surface area contributed by atoms with Crippen LogP contribution in [-0.2, 0) is 9.53 Å². The first kappa shape index (κ1) is 20.6. The predicted molar refractivity (Wildman–Crippen MR) is 117 cm³/mol. The molecule has 0 saturated carbocycles. The minimum Gasteiger partial charge on any atom is -0.371 e. The molecule has 156 valence electrons. The predicted octanol–water partition coefficient (Wildman–Crippen LogP) is 4.03. The number of hydrogen-bond donors (Lipinski definition) is 0. The van der Waals surface area contributed by atoms with Gasteiger partial charge in [-0.3, -0.25) is 9.59 Å². The second-order valence-corrected chi connectivity index (χ2v) is 8.26. The normalized spacial score (nSPS) is 18.3. The molecule has 2 fully saturated rings. The molecule has 2 aliphatic rings. The molecule has 2 aromatic rings. The van der Waals surface area contributed by atoms with Gasteiger partial charge in [0.1, 0.15) is 0 Å². The fraction of sp³-hybridized carbons (Fsp3) is 0.333. The van der Waals surface area contributed by atoms with Crippen LogP contribution in [0.15, 0.2) is 61.2 Å². The summed E-state index contributed by atoms with van der Waals surface area (Å²) in [4.78, 5) is 28.8. The molecule has 0 radical (unpaired) electrons. The van der Waals surface area contributed by atoms with E-state index in [9.17, 15) is 9.59 Å². The van der Waals surface area contributed by atoms with Gasteiger partial charge in [0.2, 0.25) is 5.91 Å². The van der Waals surface area contributed by atoms with Crippen molar-refractivity contribution in [3.63, 3.8) is 0 Å². The quantitative estimate of drug-likeness (QED) is 0.699. The molecule has 0 aliphatic carbocycles. The van der Waals surface area contributed by atoms with Crippen molar-refractivity contribution in [3.05, 3.63) is 71.8 Å². The van der Waals surface area contributed by atoms with Gasteiger partial charge in [0.15, 0.2) is 0 Å². The Kier molecular flexibility index (Phi) is 5.93. The molecule has 0 atom stereocenters. The van der Waals surface area contributed by atoms with Crippen LogP contribution >= 0.6 is 11.6 Å². The van der Waals surface area contributed by atoms with E-state index < -0.39 is 0 Å². The van der Waals surface area contributed by atoms with Crippen LogP contribution in [0.2, 0.25) is 5.02 Å². The summed E-state index contributed by atoms with van der Waals surface area (Å²) < 4.78 is 6.12. The summed E-state index contributed by atoms with van der Waals surface area (Å²) >= 11 is 6.34. The number of morpholine rings is 1.